The molecule has 2 rings (SSSR count). The lowest BCUT2D eigenvalue weighted by molar-refractivity contribution is -0.274. The highest BCUT2D eigenvalue weighted by molar-refractivity contribution is 5.92. The van der Waals surface area contributed by atoms with E-state index in [1.807, 2.05) is 6.07 Å². The minimum Gasteiger partial charge on any atom is -0.406 e. The van der Waals surface area contributed by atoms with Gasteiger partial charge in [0.25, 0.3) is 5.91 Å². The first-order valence-electron chi connectivity index (χ1n) is 6.47. The third-order valence-electron chi connectivity index (χ3n) is 2.94. The lowest BCUT2D eigenvalue weighted by atomic mass is 10.2. The van der Waals surface area contributed by atoms with E-state index in [-0.39, 0.29) is 23.9 Å². The molecule has 0 radical (unpaired) electrons. The van der Waals surface area contributed by atoms with Crippen molar-refractivity contribution in [1.82, 2.24) is 9.88 Å². The number of H-pyrrole nitrogens is 1. The van der Waals surface area contributed by atoms with E-state index >= 15 is 0 Å². The van der Waals surface area contributed by atoms with Crippen molar-refractivity contribution >= 4 is 5.91 Å². The summed E-state index contributed by atoms with van der Waals surface area (Å²) < 4.78 is 40.5. The number of benzene rings is 1. The van der Waals surface area contributed by atoms with Gasteiger partial charge in [0.2, 0.25) is 0 Å². The fourth-order valence-corrected chi connectivity index (χ4v) is 1.97. The van der Waals surface area contributed by atoms with E-state index in [0.29, 0.717) is 11.1 Å². The van der Waals surface area contributed by atoms with Gasteiger partial charge < -0.3 is 14.6 Å². The quantitative estimate of drug-likeness (QED) is 0.940. The van der Waals surface area contributed by atoms with Crippen LogP contribution in [0.4, 0.5) is 13.2 Å². The van der Waals surface area contributed by atoms with Gasteiger partial charge >= 0.3 is 6.36 Å². The molecule has 5 nitrogen and oxygen atoms in total. The lowest BCUT2D eigenvalue weighted by Crippen LogP contribution is -2.26. The molecule has 1 aromatic carbocycles. The third kappa shape index (κ3) is 4.51. The average molecular weight is 323 g/mol. The number of nitrogens with zero attached hydrogens (tertiary/aromatic N) is 2. The number of amides is 1. The van der Waals surface area contributed by atoms with Crippen LogP contribution >= 0.6 is 0 Å². The fraction of sp³-hybridized carbons (Fsp3) is 0.200. The van der Waals surface area contributed by atoms with Crippen LogP contribution in [-0.2, 0) is 6.54 Å². The van der Waals surface area contributed by atoms with Gasteiger partial charge in [0.1, 0.15) is 17.5 Å². The highest BCUT2D eigenvalue weighted by Crippen LogP contribution is 2.23. The van der Waals surface area contributed by atoms with Crippen molar-refractivity contribution in [3.8, 4) is 11.8 Å². The highest BCUT2D eigenvalue weighted by atomic mass is 19.4. The number of carbonyl (C=O) groups excluding carboxylic acids is 1. The second kappa shape index (κ2) is 6.44. The number of aromatic nitrogens is 1. The first-order valence-corrected chi connectivity index (χ1v) is 6.47. The van der Waals surface area contributed by atoms with E-state index in [4.69, 9.17) is 5.26 Å². The maximum Gasteiger partial charge on any atom is 0.573 e. The molecule has 2 aromatic rings. The maximum atomic E-state index is 12.2. The second-order valence-corrected chi connectivity index (χ2v) is 4.77. The Labute approximate surface area is 129 Å². The number of halogens is 3. The molecule has 0 aliphatic heterocycles. The zero-order valence-electron chi connectivity index (χ0n) is 12.0. The minimum atomic E-state index is -4.77. The molecular formula is C15H12F3N3O2. The molecule has 0 aliphatic carbocycles. The summed E-state index contributed by atoms with van der Waals surface area (Å²) in [6.45, 7) is 0.0921. The zero-order valence-corrected chi connectivity index (χ0v) is 12.0. The van der Waals surface area contributed by atoms with E-state index in [2.05, 4.69) is 9.72 Å². The summed E-state index contributed by atoms with van der Waals surface area (Å²) in [4.78, 5) is 16.2. The van der Waals surface area contributed by atoms with Gasteiger partial charge in [-0.15, -0.1) is 13.2 Å². The van der Waals surface area contributed by atoms with Gasteiger partial charge in [-0.2, -0.15) is 5.26 Å². The molecule has 0 bridgehead atoms. The minimum absolute atomic E-state index is 0.0921. The topological polar surface area (TPSA) is 69.1 Å². The second-order valence-electron chi connectivity index (χ2n) is 4.77. The van der Waals surface area contributed by atoms with Crippen LogP contribution in [0.1, 0.15) is 21.6 Å². The van der Waals surface area contributed by atoms with Gasteiger partial charge in [0.05, 0.1) is 5.56 Å². The molecule has 0 saturated heterocycles. The smallest absolute Gasteiger partial charge is 0.406 e. The van der Waals surface area contributed by atoms with Crippen molar-refractivity contribution in [1.29, 1.82) is 5.26 Å². The van der Waals surface area contributed by atoms with Gasteiger partial charge in [-0.1, -0.05) is 12.1 Å². The Kier molecular flexibility index (Phi) is 4.60. The van der Waals surface area contributed by atoms with Crippen LogP contribution in [0.2, 0.25) is 0 Å². The Morgan fingerprint density at radius 3 is 2.74 bits per heavy atom. The average Bonchev–Trinajstić information content (AvgIpc) is 2.93. The van der Waals surface area contributed by atoms with Crippen molar-refractivity contribution in [2.45, 2.75) is 12.9 Å². The van der Waals surface area contributed by atoms with E-state index in [9.17, 15) is 18.0 Å². The van der Waals surface area contributed by atoms with Gasteiger partial charge in [-0.3, -0.25) is 4.79 Å². The summed E-state index contributed by atoms with van der Waals surface area (Å²) in [6.07, 6.45) is -3.36. The number of aromatic amines is 1. The molecular weight excluding hydrogens is 311 g/mol. The summed E-state index contributed by atoms with van der Waals surface area (Å²) in [5.41, 5.74) is 1.03. The molecule has 0 saturated carbocycles. The molecule has 0 atom stereocenters. The highest BCUT2D eigenvalue weighted by Gasteiger charge is 2.31. The molecule has 1 heterocycles. The maximum absolute atomic E-state index is 12.2. The fourth-order valence-electron chi connectivity index (χ4n) is 1.97. The van der Waals surface area contributed by atoms with Crippen LogP contribution in [-0.4, -0.2) is 29.2 Å². The number of carbonyl (C=O) groups is 1. The van der Waals surface area contributed by atoms with Crippen LogP contribution in [0, 0.1) is 11.3 Å². The Hall–Kier alpha value is -2.95. The molecule has 0 fully saturated rings. The van der Waals surface area contributed by atoms with Crippen LogP contribution < -0.4 is 4.74 Å². The summed E-state index contributed by atoms with van der Waals surface area (Å²) in [7, 11) is 1.51. The molecule has 1 N–H and O–H groups in total. The molecule has 8 heteroatoms. The number of nitriles is 1. The van der Waals surface area contributed by atoms with E-state index in [1.54, 1.807) is 6.07 Å². The molecule has 0 unspecified atom stereocenters. The van der Waals surface area contributed by atoms with Crippen LogP contribution in [0.3, 0.4) is 0 Å². The number of nitrogens with one attached hydrogen (secondary N) is 1. The van der Waals surface area contributed by atoms with Gasteiger partial charge in [-0.25, -0.2) is 0 Å². The Balaban J connectivity index is 2.08. The van der Waals surface area contributed by atoms with Crippen molar-refractivity contribution < 1.29 is 22.7 Å². The molecule has 0 spiro atoms. The summed E-state index contributed by atoms with van der Waals surface area (Å²) in [5.74, 6) is -0.726. The third-order valence-corrected chi connectivity index (χ3v) is 2.94. The lowest BCUT2D eigenvalue weighted by Gasteiger charge is -2.17. The van der Waals surface area contributed by atoms with Gasteiger partial charge in [-0.05, 0) is 23.8 Å². The monoisotopic (exact) mass is 323 g/mol. The van der Waals surface area contributed by atoms with Crippen LogP contribution in [0.5, 0.6) is 5.75 Å². The van der Waals surface area contributed by atoms with Crippen molar-refractivity contribution in [3.05, 3.63) is 53.3 Å². The number of hydrogen-bond donors (Lipinski definition) is 1. The van der Waals surface area contributed by atoms with Gasteiger partial charge in [0, 0.05) is 19.8 Å². The summed E-state index contributed by atoms with van der Waals surface area (Å²) in [6, 6.07) is 8.70. The van der Waals surface area contributed by atoms with Crippen molar-refractivity contribution in [3.63, 3.8) is 0 Å². The Morgan fingerprint density at radius 1 is 1.39 bits per heavy atom. The standard InChI is InChI=1S/C15H12F3N3O2/c1-21(14(22)13-6-11(7-19)8-20-13)9-10-3-2-4-12(5-10)23-15(16,17)18/h2-6,8,20H,9H2,1H3. The zero-order chi connectivity index (χ0) is 17.0. The van der Waals surface area contributed by atoms with Crippen molar-refractivity contribution in [2.24, 2.45) is 0 Å². The molecule has 1 aromatic heterocycles. The number of hydrogen-bond acceptors (Lipinski definition) is 3. The van der Waals surface area contributed by atoms with Crippen LogP contribution in [0.15, 0.2) is 36.5 Å². The molecule has 120 valence electrons. The SMILES string of the molecule is CN(Cc1cccc(OC(F)(F)F)c1)C(=O)c1cc(C#N)c[nH]1. The van der Waals surface area contributed by atoms with Crippen molar-refractivity contribution in [2.75, 3.05) is 7.05 Å². The van der Waals surface area contributed by atoms with E-state index in [1.165, 1.54) is 42.4 Å². The first kappa shape index (κ1) is 16.4. The number of rotatable bonds is 4. The van der Waals surface area contributed by atoms with E-state index < -0.39 is 6.36 Å². The number of alkyl halides is 3. The first-order chi connectivity index (χ1) is 10.8. The largest absolute Gasteiger partial charge is 0.573 e. The predicted molar refractivity (Wildman–Crippen MR) is 74.4 cm³/mol. The normalized spacial score (nSPS) is 10.9. The summed E-state index contributed by atoms with van der Waals surface area (Å²) in [5, 5.41) is 8.73. The molecule has 23 heavy (non-hydrogen) atoms. The van der Waals surface area contributed by atoms with Gasteiger partial charge in [0.15, 0.2) is 0 Å². The predicted octanol–water partition coefficient (Wildman–Crippen LogP) is 3.06. The number of ether oxygens (including phenoxy) is 1. The van der Waals surface area contributed by atoms with Crippen LogP contribution in [0.25, 0.3) is 0 Å². The Morgan fingerprint density at radius 2 is 2.13 bits per heavy atom. The van der Waals surface area contributed by atoms with E-state index in [0.717, 1.165) is 0 Å². The molecule has 1 amide bonds. The Bertz CT molecular complexity index is 747. The molecule has 0 aliphatic rings. The summed E-state index contributed by atoms with van der Waals surface area (Å²) >= 11 is 0.